The van der Waals surface area contributed by atoms with Crippen molar-refractivity contribution < 1.29 is 19.1 Å². The Hall–Kier alpha value is -3.54. The summed E-state index contributed by atoms with van der Waals surface area (Å²) in [5, 5.41) is 6.81. The largest absolute Gasteiger partial charge is 0.497 e. The highest BCUT2D eigenvalue weighted by atomic mass is 16.5. The molecule has 3 rings (SSSR count). The average Bonchev–Trinajstić information content (AvgIpc) is 2.72. The van der Waals surface area contributed by atoms with Crippen LogP contribution in [0.5, 0.6) is 11.5 Å². The van der Waals surface area contributed by atoms with Gasteiger partial charge in [0, 0.05) is 12.1 Å². The third kappa shape index (κ3) is 4.59. The maximum absolute atomic E-state index is 12.7. The molecule has 3 aromatic rings. The molecule has 6 heteroatoms. The number of carbonyl (C=O) groups excluding carboxylic acids is 2. The Labute approximate surface area is 163 Å². The Kier molecular flexibility index (Phi) is 6.11. The van der Waals surface area contributed by atoms with Gasteiger partial charge in [-0.25, -0.2) is 4.79 Å². The predicted octanol–water partition coefficient (Wildman–Crippen LogP) is 3.81. The van der Waals surface area contributed by atoms with Gasteiger partial charge in [-0.3, -0.25) is 10.1 Å². The van der Waals surface area contributed by atoms with Gasteiger partial charge in [-0.15, -0.1) is 0 Å². The van der Waals surface area contributed by atoms with E-state index >= 15 is 0 Å². The lowest BCUT2D eigenvalue weighted by Gasteiger charge is -2.19. The maximum atomic E-state index is 12.7. The van der Waals surface area contributed by atoms with Crippen molar-refractivity contribution >= 4 is 22.7 Å². The molecule has 0 saturated carbocycles. The highest BCUT2D eigenvalue weighted by Crippen LogP contribution is 2.28. The summed E-state index contributed by atoms with van der Waals surface area (Å²) in [7, 11) is 1.61. The van der Waals surface area contributed by atoms with E-state index in [1.54, 1.807) is 32.2 Å². The summed E-state index contributed by atoms with van der Waals surface area (Å²) in [5.74, 6) is 0.710. The molecule has 3 aromatic carbocycles. The molecule has 0 aliphatic heterocycles. The van der Waals surface area contributed by atoms with Crippen LogP contribution in [0.4, 0.5) is 4.79 Å². The Morgan fingerprint density at radius 3 is 2.29 bits per heavy atom. The number of nitrogens with one attached hydrogen (secondary N) is 2. The topological polar surface area (TPSA) is 76.7 Å². The number of carbonyl (C=O) groups is 2. The SMILES string of the molecule is CCNC(=O)NC(=O)[C@@H](Oc1ccc2ccc(OC)cc2c1)c1ccccc1. The molecule has 28 heavy (non-hydrogen) atoms. The Balaban J connectivity index is 1.89. The lowest BCUT2D eigenvalue weighted by molar-refractivity contribution is -0.127. The quantitative estimate of drug-likeness (QED) is 0.684. The number of rotatable bonds is 6. The van der Waals surface area contributed by atoms with Crippen molar-refractivity contribution in [2.24, 2.45) is 0 Å². The molecule has 1 atom stereocenters. The minimum Gasteiger partial charge on any atom is -0.497 e. The van der Waals surface area contributed by atoms with Crippen LogP contribution in [0.1, 0.15) is 18.6 Å². The fourth-order valence-corrected chi connectivity index (χ4v) is 2.82. The number of methoxy groups -OCH3 is 1. The van der Waals surface area contributed by atoms with E-state index in [1.807, 2.05) is 48.5 Å². The van der Waals surface area contributed by atoms with E-state index in [2.05, 4.69) is 10.6 Å². The van der Waals surface area contributed by atoms with E-state index in [0.717, 1.165) is 16.5 Å². The molecule has 0 bridgehead atoms. The molecule has 0 aliphatic carbocycles. The molecule has 3 amide bonds. The van der Waals surface area contributed by atoms with Crippen LogP contribution in [-0.2, 0) is 4.79 Å². The third-order valence-electron chi connectivity index (χ3n) is 4.19. The number of amides is 3. The van der Waals surface area contributed by atoms with Crippen LogP contribution in [0.2, 0.25) is 0 Å². The van der Waals surface area contributed by atoms with E-state index in [0.29, 0.717) is 17.9 Å². The number of urea groups is 1. The number of fused-ring (bicyclic) bond motifs is 1. The van der Waals surface area contributed by atoms with E-state index in [1.165, 1.54) is 0 Å². The fourth-order valence-electron chi connectivity index (χ4n) is 2.82. The number of benzene rings is 3. The lowest BCUT2D eigenvalue weighted by Crippen LogP contribution is -2.42. The molecular formula is C22H22N2O4. The first kappa shape index (κ1) is 19.2. The molecule has 0 saturated heterocycles. The number of imide groups is 1. The van der Waals surface area contributed by atoms with Gasteiger partial charge in [-0.2, -0.15) is 0 Å². The van der Waals surface area contributed by atoms with Crippen molar-refractivity contribution in [3.63, 3.8) is 0 Å². The molecule has 0 aliphatic rings. The number of hydrogen-bond donors (Lipinski definition) is 2. The van der Waals surface area contributed by atoms with Crippen LogP contribution in [0.15, 0.2) is 66.7 Å². The molecular weight excluding hydrogens is 356 g/mol. The van der Waals surface area contributed by atoms with E-state index in [-0.39, 0.29) is 0 Å². The second-order valence-electron chi connectivity index (χ2n) is 6.13. The number of hydrogen-bond acceptors (Lipinski definition) is 4. The highest BCUT2D eigenvalue weighted by Gasteiger charge is 2.24. The smallest absolute Gasteiger partial charge is 0.321 e. The van der Waals surface area contributed by atoms with Gasteiger partial charge in [-0.1, -0.05) is 42.5 Å². The maximum Gasteiger partial charge on any atom is 0.321 e. The van der Waals surface area contributed by atoms with Crippen LogP contribution in [-0.4, -0.2) is 25.6 Å². The Morgan fingerprint density at radius 2 is 1.61 bits per heavy atom. The van der Waals surface area contributed by atoms with Crippen LogP contribution in [0, 0.1) is 0 Å². The van der Waals surface area contributed by atoms with Crippen LogP contribution in [0.25, 0.3) is 10.8 Å². The first-order valence-electron chi connectivity index (χ1n) is 8.99. The highest BCUT2D eigenvalue weighted by molar-refractivity contribution is 5.97. The molecule has 0 aromatic heterocycles. The molecule has 0 unspecified atom stereocenters. The first-order chi connectivity index (χ1) is 13.6. The summed E-state index contributed by atoms with van der Waals surface area (Å²) in [4.78, 5) is 24.5. The molecule has 6 nitrogen and oxygen atoms in total. The summed E-state index contributed by atoms with van der Waals surface area (Å²) < 4.78 is 11.3. The van der Waals surface area contributed by atoms with Crippen molar-refractivity contribution in [3.8, 4) is 11.5 Å². The zero-order chi connectivity index (χ0) is 19.9. The van der Waals surface area contributed by atoms with Gasteiger partial charge in [0.15, 0.2) is 0 Å². The lowest BCUT2D eigenvalue weighted by atomic mass is 10.1. The van der Waals surface area contributed by atoms with Crippen molar-refractivity contribution in [2.45, 2.75) is 13.0 Å². The molecule has 144 valence electrons. The standard InChI is InChI=1S/C22H22N2O4/c1-3-23-22(26)24-21(25)20(16-7-5-4-6-8-16)28-19-12-10-15-9-11-18(27-2)13-17(15)14-19/h4-14,20H,3H2,1-2H3,(H2,23,24,25,26)/t20-/m0/s1. The average molecular weight is 378 g/mol. The summed E-state index contributed by atoms with van der Waals surface area (Å²) in [6.07, 6.45) is -0.966. The van der Waals surface area contributed by atoms with Gasteiger partial charge in [0.25, 0.3) is 5.91 Å². The van der Waals surface area contributed by atoms with Crippen LogP contribution < -0.4 is 20.1 Å². The van der Waals surface area contributed by atoms with Crippen molar-refractivity contribution in [1.82, 2.24) is 10.6 Å². The normalized spacial score (nSPS) is 11.5. The van der Waals surface area contributed by atoms with Gasteiger partial charge in [0.2, 0.25) is 6.10 Å². The first-order valence-corrected chi connectivity index (χ1v) is 8.99. The molecule has 0 heterocycles. The van der Waals surface area contributed by atoms with Crippen LogP contribution >= 0.6 is 0 Å². The molecule has 0 spiro atoms. The fraction of sp³-hybridized carbons (Fsp3) is 0.182. The second-order valence-corrected chi connectivity index (χ2v) is 6.13. The van der Waals surface area contributed by atoms with E-state index in [4.69, 9.17) is 9.47 Å². The Bertz CT molecular complexity index is 973. The summed E-state index contributed by atoms with van der Waals surface area (Å²) in [5.41, 5.74) is 0.648. The molecule has 0 fully saturated rings. The van der Waals surface area contributed by atoms with Crippen molar-refractivity contribution in [1.29, 1.82) is 0 Å². The second kappa shape index (κ2) is 8.90. The molecule has 0 radical (unpaired) electrons. The van der Waals surface area contributed by atoms with Crippen LogP contribution in [0.3, 0.4) is 0 Å². The van der Waals surface area contributed by atoms with E-state index in [9.17, 15) is 9.59 Å². The molecule has 2 N–H and O–H groups in total. The van der Waals surface area contributed by atoms with Gasteiger partial charge < -0.3 is 14.8 Å². The third-order valence-corrected chi connectivity index (χ3v) is 4.19. The van der Waals surface area contributed by atoms with Crippen molar-refractivity contribution in [3.05, 3.63) is 72.3 Å². The predicted molar refractivity (Wildman–Crippen MR) is 108 cm³/mol. The summed E-state index contributed by atoms with van der Waals surface area (Å²) >= 11 is 0. The monoisotopic (exact) mass is 378 g/mol. The van der Waals surface area contributed by atoms with E-state index < -0.39 is 18.0 Å². The minimum atomic E-state index is -0.966. The minimum absolute atomic E-state index is 0.419. The zero-order valence-electron chi connectivity index (χ0n) is 15.8. The Morgan fingerprint density at radius 1 is 0.929 bits per heavy atom. The van der Waals surface area contributed by atoms with Gasteiger partial charge in [-0.05, 0) is 42.0 Å². The summed E-state index contributed by atoms with van der Waals surface area (Å²) in [6, 6.07) is 19.8. The van der Waals surface area contributed by atoms with Crippen molar-refractivity contribution in [2.75, 3.05) is 13.7 Å². The number of ether oxygens (including phenoxy) is 2. The summed E-state index contributed by atoms with van der Waals surface area (Å²) in [6.45, 7) is 2.20. The van der Waals surface area contributed by atoms with Gasteiger partial charge in [0.05, 0.1) is 7.11 Å². The zero-order valence-corrected chi connectivity index (χ0v) is 15.8. The van der Waals surface area contributed by atoms with Gasteiger partial charge in [0.1, 0.15) is 11.5 Å². The van der Waals surface area contributed by atoms with Gasteiger partial charge >= 0.3 is 6.03 Å².